The number of nitrogens with zero attached hydrogens (tertiary/aromatic N) is 2. The summed E-state index contributed by atoms with van der Waals surface area (Å²) in [5, 5.41) is 19.6. The van der Waals surface area contributed by atoms with E-state index >= 15 is 0 Å². The smallest absolute Gasteiger partial charge is 0.169 e. The van der Waals surface area contributed by atoms with Gasteiger partial charge < -0.3 is 14.7 Å². The molecule has 0 aliphatic heterocycles. The quantitative estimate of drug-likeness (QED) is 0.593. The van der Waals surface area contributed by atoms with Crippen LogP contribution in [-0.2, 0) is 6.42 Å². The van der Waals surface area contributed by atoms with Crippen LogP contribution in [0, 0.1) is 28.6 Å². The van der Waals surface area contributed by atoms with Crippen molar-refractivity contribution in [3.8, 4) is 17.6 Å². The Labute approximate surface area is 197 Å². The Morgan fingerprint density at radius 1 is 1.21 bits per heavy atom. The predicted molar refractivity (Wildman–Crippen MR) is 129 cm³/mol. The molecule has 33 heavy (non-hydrogen) atoms. The van der Waals surface area contributed by atoms with E-state index in [0.717, 1.165) is 38.0 Å². The Bertz CT molecular complexity index is 1040. The van der Waals surface area contributed by atoms with Crippen LogP contribution in [0.2, 0.25) is 0 Å². The van der Waals surface area contributed by atoms with Gasteiger partial charge in [0.15, 0.2) is 5.78 Å². The van der Waals surface area contributed by atoms with Gasteiger partial charge in [-0.15, -0.1) is 0 Å². The number of nitriles is 1. The second kappa shape index (κ2) is 9.57. The van der Waals surface area contributed by atoms with Gasteiger partial charge in [0, 0.05) is 23.9 Å². The third-order valence-corrected chi connectivity index (χ3v) is 7.85. The highest BCUT2D eigenvalue weighted by atomic mass is 16.5. The van der Waals surface area contributed by atoms with Gasteiger partial charge in [-0.1, -0.05) is 13.0 Å². The van der Waals surface area contributed by atoms with Gasteiger partial charge in [-0.25, -0.2) is 0 Å². The molecule has 2 aliphatic carbocycles. The van der Waals surface area contributed by atoms with Gasteiger partial charge in [-0.05, 0) is 105 Å². The molecule has 5 heteroatoms. The third kappa shape index (κ3) is 4.63. The third-order valence-electron chi connectivity index (χ3n) is 7.85. The van der Waals surface area contributed by atoms with Gasteiger partial charge in [-0.2, -0.15) is 5.26 Å². The van der Waals surface area contributed by atoms with Crippen molar-refractivity contribution in [2.75, 3.05) is 27.2 Å². The molecule has 0 radical (unpaired) electrons. The zero-order valence-corrected chi connectivity index (χ0v) is 19.9. The van der Waals surface area contributed by atoms with Crippen LogP contribution in [0.5, 0.6) is 11.5 Å². The normalized spacial score (nSPS) is 26.2. The molecule has 0 saturated heterocycles. The average molecular weight is 447 g/mol. The molecule has 5 nitrogen and oxygen atoms in total. The van der Waals surface area contributed by atoms with Crippen molar-refractivity contribution in [1.29, 1.82) is 5.26 Å². The number of benzene rings is 2. The van der Waals surface area contributed by atoms with E-state index in [9.17, 15) is 15.2 Å². The lowest BCUT2D eigenvalue weighted by molar-refractivity contribution is 0.0298. The van der Waals surface area contributed by atoms with Crippen LogP contribution < -0.4 is 4.74 Å². The molecule has 0 amide bonds. The van der Waals surface area contributed by atoms with Gasteiger partial charge >= 0.3 is 0 Å². The van der Waals surface area contributed by atoms with Crippen LogP contribution in [0.3, 0.4) is 0 Å². The molecular formula is C28H34N2O3. The van der Waals surface area contributed by atoms with Crippen LogP contribution in [0.4, 0.5) is 0 Å². The van der Waals surface area contributed by atoms with Crippen molar-refractivity contribution in [3.05, 3.63) is 59.2 Å². The van der Waals surface area contributed by atoms with E-state index in [1.54, 1.807) is 6.07 Å². The van der Waals surface area contributed by atoms with E-state index in [4.69, 9.17) is 4.74 Å². The largest absolute Gasteiger partial charge is 0.508 e. The number of phenolic OH excluding ortho intramolecular Hbond substituents is 1. The number of Topliss-reactive ketones (excluding diaryl/α,β-unsaturated/α-hetero) is 1. The van der Waals surface area contributed by atoms with Gasteiger partial charge in [0.1, 0.15) is 18.1 Å². The molecule has 2 aromatic rings. The first-order valence-electron chi connectivity index (χ1n) is 11.9. The number of fused-ring (bicyclic) bond motifs is 3. The van der Waals surface area contributed by atoms with Gasteiger partial charge in [0.25, 0.3) is 0 Å². The summed E-state index contributed by atoms with van der Waals surface area (Å²) in [5.41, 5.74) is 2.64. The zero-order valence-electron chi connectivity index (χ0n) is 19.9. The second-order valence-electron chi connectivity index (χ2n) is 10.1. The van der Waals surface area contributed by atoms with E-state index in [0.29, 0.717) is 36.2 Å². The minimum Gasteiger partial charge on any atom is -0.508 e. The van der Waals surface area contributed by atoms with Crippen LogP contribution in [0.25, 0.3) is 0 Å². The molecule has 4 atom stereocenters. The van der Waals surface area contributed by atoms with Gasteiger partial charge in [0.05, 0.1) is 6.07 Å². The lowest BCUT2D eigenvalue weighted by Crippen LogP contribution is -2.47. The number of carbonyl (C=O) groups is 1. The minimum absolute atomic E-state index is 0.0201. The Morgan fingerprint density at radius 2 is 1.97 bits per heavy atom. The van der Waals surface area contributed by atoms with E-state index in [1.807, 2.05) is 50.5 Å². The molecule has 0 aromatic heterocycles. The van der Waals surface area contributed by atoms with E-state index in [1.165, 1.54) is 11.1 Å². The number of hydrogen-bond acceptors (Lipinski definition) is 5. The molecule has 1 N–H and O–H groups in total. The van der Waals surface area contributed by atoms with Crippen molar-refractivity contribution >= 4 is 5.78 Å². The summed E-state index contributed by atoms with van der Waals surface area (Å²) in [7, 11) is 4.01. The average Bonchev–Trinajstić information content (AvgIpc) is 2.80. The fraction of sp³-hybridized carbons (Fsp3) is 0.500. The molecule has 0 spiro atoms. The fourth-order valence-corrected chi connectivity index (χ4v) is 6.02. The molecule has 1 fully saturated rings. The van der Waals surface area contributed by atoms with Gasteiger partial charge in [-0.3, -0.25) is 4.79 Å². The number of phenols is 1. The van der Waals surface area contributed by atoms with E-state index in [2.05, 4.69) is 17.9 Å². The van der Waals surface area contributed by atoms with Crippen LogP contribution in [-0.4, -0.2) is 43.0 Å². The first-order chi connectivity index (χ1) is 15.8. The Morgan fingerprint density at radius 3 is 2.67 bits per heavy atom. The van der Waals surface area contributed by atoms with Crippen LogP contribution in [0.1, 0.15) is 60.0 Å². The molecule has 0 bridgehead atoms. The summed E-state index contributed by atoms with van der Waals surface area (Å²) in [6.07, 6.45) is 3.92. The first kappa shape index (κ1) is 23.3. The topological polar surface area (TPSA) is 73.6 Å². The SMILES string of the molecule is CN(C)CCOc1ccc(C(=O)[C@@]2(C)CC[C@@H]3c4ccc(O)cc4CC[C@H]3[C@@H]2CC#N)cc1. The molecule has 2 aliphatic rings. The van der Waals surface area contributed by atoms with Crippen molar-refractivity contribution in [1.82, 2.24) is 4.90 Å². The zero-order chi connectivity index (χ0) is 23.6. The Hall–Kier alpha value is -2.84. The molecule has 174 valence electrons. The van der Waals surface area contributed by atoms with Crippen molar-refractivity contribution in [3.63, 3.8) is 0 Å². The maximum Gasteiger partial charge on any atom is 0.169 e. The molecule has 2 aromatic carbocycles. The monoisotopic (exact) mass is 446 g/mol. The molecule has 4 rings (SSSR count). The summed E-state index contributed by atoms with van der Waals surface area (Å²) in [5.74, 6) is 1.89. The number of hydrogen-bond donors (Lipinski definition) is 1. The number of aromatic hydroxyl groups is 1. The second-order valence-corrected chi connectivity index (χ2v) is 10.1. The number of ketones is 1. The van der Waals surface area contributed by atoms with E-state index in [-0.39, 0.29) is 11.7 Å². The standard InChI is InChI=1S/C28H34N2O3/c1-28(27(32)19-4-8-22(9-5-19)33-17-16-30(2)3)14-12-24-23-11-7-21(31)18-20(23)6-10-25(24)26(28)13-15-29/h4-5,7-9,11,18,24-26,31H,6,10,12-14,16-17H2,1-3H3/t24-,25-,26+,28+/m1/s1. The van der Waals surface area contributed by atoms with Crippen molar-refractivity contribution in [2.45, 2.75) is 44.9 Å². The van der Waals surface area contributed by atoms with Crippen molar-refractivity contribution in [2.24, 2.45) is 17.3 Å². The highest BCUT2D eigenvalue weighted by Crippen LogP contribution is 2.56. The Balaban J connectivity index is 1.55. The number of aryl methyl sites for hydroxylation is 1. The highest BCUT2D eigenvalue weighted by molar-refractivity contribution is 6.00. The number of carbonyl (C=O) groups excluding carboxylic acids is 1. The van der Waals surface area contributed by atoms with Crippen molar-refractivity contribution < 1.29 is 14.6 Å². The molecule has 0 heterocycles. The van der Waals surface area contributed by atoms with Crippen LogP contribution in [0.15, 0.2) is 42.5 Å². The maximum absolute atomic E-state index is 13.8. The predicted octanol–water partition coefficient (Wildman–Crippen LogP) is 5.19. The number of likely N-dealkylation sites (N-methyl/N-ethyl adjacent to an activating group) is 1. The Kier molecular flexibility index (Phi) is 6.76. The minimum atomic E-state index is -0.557. The highest BCUT2D eigenvalue weighted by Gasteiger charge is 2.51. The lowest BCUT2D eigenvalue weighted by atomic mass is 9.52. The number of ether oxygens (including phenoxy) is 1. The summed E-state index contributed by atoms with van der Waals surface area (Å²) >= 11 is 0. The first-order valence-corrected chi connectivity index (χ1v) is 11.9. The lowest BCUT2D eigenvalue weighted by Gasteiger charge is -2.50. The molecule has 1 saturated carbocycles. The molecular weight excluding hydrogens is 412 g/mol. The van der Waals surface area contributed by atoms with Crippen LogP contribution >= 0.6 is 0 Å². The summed E-state index contributed by atoms with van der Waals surface area (Å²) < 4.78 is 5.78. The maximum atomic E-state index is 13.8. The number of rotatable bonds is 7. The molecule has 0 unspecified atom stereocenters. The summed E-state index contributed by atoms with van der Waals surface area (Å²) in [6.45, 7) is 3.51. The summed E-state index contributed by atoms with van der Waals surface area (Å²) in [4.78, 5) is 15.9. The van der Waals surface area contributed by atoms with Gasteiger partial charge in [0.2, 0.25) is 0 Å². The fourth-order valence-electron chi connectivity index (χ4n) is 6.02. The summed E-state index contributed by atoms with van der Waals surface area (Å²) in [6, 6.07) is 15.6. The van der Waals surface area contributed by atoms with E-state index < -0.39 is 5.41 Å².